The fourth-order valence-electron chi connectivity index (χ4n) is 3.26. The van der Waals surface area contributed by atoms with Crippen molar-refractivity contribution in [3.05, 3.63) is 58.1 Å². The zero-order valence-corrected chi connectivity index (χ0v) is 23.0. The number of carbonyl (C=O) groups is 2. The highest BCUT2D eigenvalue weighted by Crippen LogP contribution is 2.33. The Morgan fingerprint density at radius 2 is 1.69 bits per heavy atom. The molecule has 0 aliphatic heterocycles. The summed E-state index contributed by atoms with van der Waals surface area (Å²) in [6.07, 6.45) is 0.973. The highest BCUT2D eigenvalue weighted by molar-refractivity contribution is 7.92. The molecule has 0 aromatic heterocycles. The van der Waals surface area contributed by atoms with E-state index in [1.54, 1.807) is 44.4 Å². The summed E-state index contributed by atoms with van der Waals surface area (Å²) in [6.45, 7) is 6.60. The molecule has 2 aromatic rings. The molecule has 8 nitrogen and oxygen atoms in total. The second-order valence-corrected chi connectivity index (χ2v) is 11.8. The highest BCUT2D eigenvalue weighted by atomic mass is 35.5. The first-order valence-corrected chi connectivity index (χ1v) is 13.4. The number of halogens is 2. The van der Waals surface area contributed by atoms with Gasteiger partial charge in [0.05, 0.1) is 29.1 Å². The zero-order valence-electron chi connectivity index (χ0n) is 20.6. The van der Waals surface area contributed by atoms with Crippen LogP contribution in [0.4, 0.5) is 5.69 Å². The van der Waals surface area contributed by atoms with Gasteiger partial charge in [-0.25, -0.2) is 8.42 Å². The summed E-state index contributed by atoms with van der Waals surface area (Å²) in [4.78, 5) is 27.8. The van der Waals surface area contributed by atoms with Crippen molar-refractivity contribution >= 4 is 50.7 Å². The van der Waals surface area contributed by atoms with Crippen molar-refractivity contribution in [1.82, 2.24) is 10.2 Å². The molecule has 35 heavy (non-hydrogen) atoms. The van der Waals surface area contributed by atoms with Gasteiger partial charge in [0.15, 0.2) is 0 Å². The number of hydrogen-bond donors (Lipinski definition) is 1. The van der Waals surface area contributed by atoms with E-state index in [1.165, 1.54) is 17.0 Å². The lowest BCUT2D eigenvalue weighted by Crippen LogP contribution is -2.54. The van der Waals surface area contributed by atoms with Gasteiger partial charge in [-0.15, -0.1) is 0 Å². The Morgan fingerprint density at radius 1 is 1.09 bits per heavy atom. The van der Waals surface area contributed by atoms with Crippen LogP contribution in [0.5, 0.6) is 5.75 Å². The van der Waals surface area contributed by atoms with Crippen LogP contribution in [0.3, 0.4) is 0 Å². The summed E-state index contributed by atoms with van der Waals surface area (Å²) < 4.78 is 31.3. The molecule has 192 valence electrons. The molecule has 2 amide bonds. The average molecular weight is 545 g/mol. The first kappa shape index (κ1) is 28.7. The summed E-state index contributed by atoms with van der Waals surface area (Å²) in [5, 5.41) is 3.03. The molecule has 2 rings (SSSR count). The number of methoxy groups -OCH3 is 1. The molecule has 0 aliphatic carbocycles. The van der Waals surface area contributed by atoms with E-state index in [0.717, 1.165) is 16.1 Å². The molecule has 1 atom stereocenters. The van der Waals surface area contributed by atoms with Gasteiger partial charge in [0.1, 0.15) is 18.3 Å². The number of amides is 2. The maximum absolute atomic E-state index is 13.5. The topological polar surface area (TPSA) is 96.0 Å². The lowest BCUT2D eigenvalue weighted by atomic mass is 10.1. The van der Waals surface area contributed by atoms with Crippen LogP contribution >= 0.6 is 23.2 Å². The van der Waals surface area contributed by atoms with Crippen LogP contribution < -0.4 is 14.4 Å². The van der Waals surface area contributed by atoms with E-state index in [0.29, 0.717) is 5.75 Å². The zero-order chi connectivity index (χ0) is 26.6. The van der Waals surface area contributed by atoms with Gasteiger partial charge in [-0.1, -0.05) is 41.4 Å². The third kappa shape index (κ3) is 8.02. The number of ether oxygens (including phenoxy) is 1. The SMILES string of the molecule is COc1ccc(CN(C(=O)CN(c2cccc(Cl)c2Cl)S(C)(=O)=O)[C@@H](C)C(=O)NC(C)(C)C)cc1. The Labute approximate surface area is 217 Å². The molecule has 0 fully saturated rings. The second kappa shape index (κ2) is 11.5. The summed E-state index contributed by atoms with van der Waals surface area (Å²) in [6, 6.07) is 10.7. The van der Waals surface area contributed by atoms with Gasteiger partial charge < -0.3 is 15.0 Å². The van der Waals surface area contributed by atoms with Gasteiger partial charge in [0.2, 0.25) is 21.8 Å². The van der Waals surface area contributed by atoms with Crippen molar-refractivity contribution in [2.45, 2.75) is 45.8 Å². The van der Waals surface area contributed by atoms with Crippen LogP contribution in [0.15, 0.2) is 42.5 Å². The minimum Gasteiger partial charge on any atom is -0.497 e. The smallest absolute Gasteiger partial charge is 0.244 e. The van der Waals surface area contributed by atoms with E-state index in [4.69, 9.17) is 27.9 Å². The van der Waals surface area contributed by atoms with Gasteiger partial charge in [-0.3, -0.25) is 13.9 Å². The molecular weight excluding hydrogens is 513 g/mol. The average Bonchev–Trinajstić information content (AvgIpc) is 2.76. The van der Waals surface area contributed by atoms with Gasteiger partial charge in [0, 0.05) is 12.1 Å². The first-order valence-electron chi connectivity index (χ1n) is 10.8. The summed E-state index contributed by atoms with van der Waals surface area (Å²) in [5.74, 6) is -0.311. The lowest BCUT2D eigenvalue weighted by molar-refractivity contribution is -0.140. The number of nitrogens with zero attached hydrogens (tertiary/aromatic N) is 2. The number of carbonyl (C=O) groups excluding carboxylic acids is 2. The van der Waals surface area contributed by atoms with E-state index < -0.39 is 34.1 Å². The summed E-state index contributed by atoms with van der Waals surface area (Å²) in [5.41, 5.74) is 0.292. The van der Waals surface area contributed by atoms with Crippen LogP contribution in [0.1, 0.15) is 33.3 Å². The Balaban J connectivity index is 2.44. The van der Waals surface area contributed by atoms with Crippen molar-refractivity contribution in [2.24, 2.45) is 0 Å². The van der Waals surface area contributed by atoms with Crippen LogP contribution in [-0.2, 0) is 26.2 Å². The van der Waals surface area contributed by atoms with Crippen LogP contribution in [0.25, 0.3) is 0 Å². The molecule has 11 heteroatoms. The van der Waals surface area contributed by atoms with Gasteiger partial charge in [-0.05, 0) is 57.5 Å². The van der Waals surface area contributed by atoms with Crippen LogP contribution in [-0.4, -0.2) is 56.6 Å². The Hall–Kier alpha value is -2.49. The Morgan fingerprint density at radius 3 is 2.20 bits per heavy atom. The number of benzene rings is 2. The number of sulfonamides is 1. The monoisotopic (exact) mass is 543 g/mol. The molecule has 0 unspecified atom stereocenters. The van der Waals surface area contributed by atoms with E-state index in [1.807, 2.05) is 20.8 Å². The van der Waals surface area contributed by atoms with E-state index >= 15 is 0 Å². The fourth-order valence-corrected chi connectivity index (χ4v) is 4.57. The maximum atomic E-state index is 13.5. The predicted molar refractivity (Wildman–Crippen MR) is 140 cm³/mol. The normalized spacial score (nSPS) is 12.6. The van der Waals surface area contributed by atoms with Gasteiger partial charge in [-0.2, -0.15) is 0 Å². The Kier molecular flexibility index (Phi) is 9.44. The van der Waals surface area contributed by atoms with Gasteiger partial charge >= 0.3 is 0 Å². The van der Waals surface area contributed by atoms with E-state index in [-0.39, 0.29) is 28.2 Å². The molecule has 2 aromatic carbocycles. The second-order valence-electron chi connectivity index (χ2n) is 9.13. The van der Waals surface area contributed by atoms with Crippen molar-refractivity contribution in [3.63, 3.8) is 0 Å². The van der Waals surface area contributed by atoms with Crippen LogP contribution in [0.2, 0.25) is 10.0 Å². The summed E-state index contributed by atoms with van der Waals surface area (Å²) in [7, 11) is -2.37. The molecule has 0 saturated heterocycles. The molecular formula is C24H31Cl2N3O5S. The van der Waals surface area contributed by atoms with Crippen molar-refractivity contribution in [1.29, 1.82) is 0 Å². The van der Waals surface area contributed by atoms with Gasteiger partial charge in [0.25, 0.3) is 0 Å². The van der Waals surface area contributed by atoms with Crippen LogP contribution in [0, 0.1) is 0 Å². The molecule has 0 heterocycles. The quantitative estimate of drug-likeness (QED) is 0.513. The predicted octanol–water partition coefficient (Wildman–Crippen LogP) is 4.10. The van der Waals surface area contributed by atoms with Crippen molar-refractivity contribution < 1.29 is 22.7 Å². The molecule has 0 radical (unpaired) electrons. The molecule has 0 aliphatic rings. The number of rotatable bonds is 9. The van der Waals surface area contributed by atoms with E-state index in [2.05, 4.69) is 5.32 Å². The molecule has 0 bridgehead atoms. The highest BCUT2D eigenvalue weighted by Gasteiger charge is 2.32. The molecule has 0 spiro atoms. The molecule has 0 saturated carbocycles. The number of hydrogen-bond acceptors (Lipinski definition) is 5. The largest absolute Gasteiger partial charge is 0.497 e. The number of anilines is 1. The standard InChI is InChI=1S/C24H31Cl2N3O5S/c1-16(23(31)27-24(2,3)4)28(14-17-10-12-18(34-5)13-11-17)21(30)15-29(35(6,32)33)20-9-7-8-19(25)22(20)26/h7-13,16H,14-15H2,1-6H3,(H,27,31)/t16-/m0/s1. The number of nitrogens with one attached hydrogen (secondary N) is 1. The fraction of sp³-hybridized carbons (Fsp3) is 0.417. The third-order valence-corrected chi connectivity index (χ3v) is 6.99. The first-order chi connectivity index (χ1) is 16.1. The minimum absolute atomic E-state index is 0.00706. The third-order valence-electron chi connectivity index (χ3n) is 5.06. The molecule has 1 N–H and O–H groups in total. The van der Waals surface area contributed by atoms with Crippen molar-refractivity contribution in [2.75, 3.05) is 24.2 Å². The summed E-state index contributed by atoms with van der Waals surface area (Å²) >= 11 is 12.3. The lowest BCUT2D eigenvalue weighted by Gasteiger charge is -2.33. The van der Waals surface area contributed by atoms with Crippen molar-refractivity contribution in [3.8, 4) is 5.75 Å². The minimum atomic E-state index is -3.92. The maximum Gasteiger partial charge on any atom is 0.244 e. The van der Waals surface area contributed by atoms with E-state index in [9.17, 15) is 18.0 Å². The Bertz CT molecular complexity index is 1160.